The molecule has 1 aromatic rings. The summed E-state index contributed by atoms with van der Waals surface area (Å²) in [5.41, 5.74) is -1.78. The zero-order valence-corrected chi connectivity index (χ0v) is 28.8. The molecule has 0 spiro atoms. The van der Waals surface area contributed by atoms with Gasteiger partial charge in [-0.25, -0.2) is 4.79 Å². The predicted molar refractivity (Wildman–Crippen MR) is 172 cm³/mol. The van der Waals surface area contributed by atoms with Gasteiger partial charge in [-0.2, -0.15) is 0 Å². The summed E-state index contributed by atoms with van der Waals surface area (Å²) in [5, 5.41) is 14.4. The molecule has 2 fully saturated rings. The van der Waals surface area contributed by atoms with Crippen molar-refractivity contribution in [3.8, 4) is 5.75 Å². The molecule has 2 amide bonds. The van der Waals surface area contributed by atoms with Gasteiger partial charge in [0.2, 0.25) is 5.91 Å². The van der Waals surface area contributed by atoms with Crippen molar-refractivity contribution >= 4 is 35.3 Å². The van der Waals surface area contributed by atoms with Gasteiger partial charge in [-0.3, -0.25) is 19.8 Å². The smallest absolute Gasteiger partial charge is 0.409 e. The highest BCUT2D eigenvalue weighted by Crippen LogP contribution is 2.50. The van der Waals surface area contributed by atoms with Crippen molar-refractivity contribution in [3.05, 3.63) is 46.5 Å². The van der Waals surface area contributed by atoms with E-state index in [0.29, 0.717) is 17.9 Å². The number of ether oxygens (including phenoxy) is 5. The second-order valence-corrected chi connectivity index (χ2v) is 13.5. The van der Waals surface area contributed by atoms with Gasteiger partial charge in [0, 0.05) is 27.0 Å². The quantitative estimate of drug-likeness (QED) is 0.448. The minimum atomic E-state index is -1.81. The Morgan fingerprint density at radius 1 is 1.22 bits per heavy atom. The molecule has 0 aromatic heterocycles. The van der Waals surface area contributed by atoms with Gasteiger partial charge in [0.25, 0.3) is 0 Å². The van der Waals surface area contributed by atoms with Crippen LogP contribution in [0, 0.1) is 0 Å². The molecule has 12 nitrogen and oxygen atoms in total. The van der Waals surface area contributed by atoms with Gasteiger partial charge in [0.05, 0.1) is 19.2 Å². The number of nitrogens with one attached hydrogen (secondary N) is 1. The lowest BCUT2D eigenvalue weighted by Crippen LogP contribution is -2.72. The Kier molecular flexibility index (Phi) is 10.5. The number of likely N-dealkylation sites (N-methyl/N-ethyl adjacent to an activating group) is 1. The van der Waals surface area contributed by atoms with E-state index in [9.17, 15) is 19.5 Å². The molecule has 4 aliphatic heterocycles. The third-order valence-electron chi connectivity index (χ3n) is 9.24. The molecule has 46 heavy (non-hydrogen) atoms. The van der Waals surface area contributed by atoms with Crippen molar-refractivity contribution in [1.82, 2.24) is 10.2 Å². The minimum absolute atomic E-state index is 0.0508. The van der Waals surface area contributed by atoms with Crippen LogP contribution >= 0.6 is 11.6 Å². The molecule has 0 saturated carbocycles. The van der Waals surface area contributed by atoms with Crippen LogP contribution in [0.25, 0.3) is 0 Å². The summed E-state index contributed by atoms with van der Waals surface area (Å²) in [6.45, 7) is 7.16. The van der Waals surface area contributed by atoms with E-state index in [-0.39, 0.29) is 30.2 Å². The maximum absolute atomic E-state index is 13.9. The van der Waals surface area contributed by atoms with E-state index in [4.69, 9.17) is 35.3 Å². The number of amides is 2. The van der Waals surface area contributed by atoms with E-state index in [1.165, 1.54) is 19.1 Å². The van der Waals surface area contributed by atoms with Crippen LogP contribution in [0.15, 0.2) is 35.9 Å². The second-order valence-electron chi connectivity index (χ2n) is 13.1. The molecule has 2 N–H and O–H groups in total. The molecular weight excluding hydrogens is 618 g/mol. The number of esters is 1. The molecule has 2 saturated heterocycles. The van der Waals surface area contributed by atoms with E-state index in [0.717, 1.165) is 11.1 Å². The van der Waals surface area contributed by atoms with E-state index >= 15 is 0 Å². The first-order valence-electron chi connectivity index (χ1n) is 15.2. The van der Waals surface area contributed by atoms with Crippen LogP contribution < -0.4 is 15.0 Å². The van der Waals surface area contributed by atoms with Gasteiger partial charge in [-0.1, -0.05) is 35.4 Å². The van der Waals surface area contributed by atoms with Crippen LogP contribution in [-0.4, -0.2) is 105 Å². The van der Waals surface area contributed by atoms with E-state index in [1.807, 2.05) is 25.1 Å². The Bertz CT molecular complexity index is 1410. The lowest BCUT2D eigenvalue weighted by molar-refractivity contribution is -0.328. The Hall–Kier alpha value is -3.16. The first-order chi connectivity index (χ1) is 21.4. The summed E-state index contributed by atoms with van der Waals surface area (Å²) in [6.07, 6.45) is 2.13. The highest BCUT2D eigenvalue weighted by molar-refractivity contribution is 6.35. The van der Waals surface area contributed by atoms with Crippen LogP contribution in [0.2, 0.25) is 5.02 Å². The van der Waals surface area contributed by atoms with Crippen LogP contribution in [0.3, 0.4) is 0 Å². The van der Waals surface area contributed by atoms with Gasteiger partial charge in [-0.15, -0.1) is 0 Å². The fourth-order valence-corrected chi connectivity index (χ4v) is 6.66. The SMILES string of the molecule is COc1cc2cc(c1Cl)N(C)C(=O)C[C@H](OC(=O)[C@H](C)N(C)C)[C@@]1(C)CC(C)(O1)[C@@H]1C[C@@](O)(NC(=O)O1)[C@H](OC)/C=C/C=C(\C)C2. The van der Waals surface area contributed by atoms with Gasteiger partial charge < -0.3 is 33.7 Å². The number of alkyl carbamates (subject to hydrolysis) is 1. The Balaban J connectivity index is 1.80. The lowest BCUT2D eigenvalue weighted by Gasteiger charge is -2.59. The summed E-state index contributed by atoms with van der Waals surface area (Å²) in [6, 6.07) is 3.04. The zero-order chi connectivity index (χ0) is 34.2. The average molecular weight is 664 g/mol. The van der Waals surface area contributed by atoms with Crippen LogP contribution in [0.5, 0.6) is 5.75 Å². The Labute approximate surface area is 275 Å². The number of methoxy groups -OCH3 is 2. The van der Waals surface area contributed by atoms with Crippen molar-refractivity contribution in [2.75, 3.05) is 40.3 Å². The van der Waals surface area contributed by atoms with Crippen LogP contribution in [0.1, 0.15) is 52.5 Å². The van der Waals surface area contributed by atoms with E-state index in [1.54, 1.807) is 59.0 Å². The number of halogens is 1. The molecule has 7 atom stereocenters. The molecule has 6 bridgehead atoms. The van der Waals surface area contributed by atoms with Gasteiger partial charge in [0.15, 0.2) is 5.72 Å². The summed E-state index contributed by atoms with van der Waals surface area (Å²) in [4.78, 5) is 43.0. The van der Waals surface area contributed by atoms with Crippen LogP contribution in [0.4, 0.5) is 10.5 Å². The highest BCUT2D eigenvalue weighted by atomic mass is 35.5. The number of rotatable bonds is 5. The summed E-state index contributed by atoms with van der Waals surface area (Å²) < 4.78 is 29.3. The summed E-state index contributed by atoms with van der Waals surface area (Å²) >= 11 is 6.71. The third-order valence-corrected chi connectivity index (χ3v) is 9.62. The molecule has 254 valence electrons. The summed E-state index contributed by atoms with van der Waals surface area (Å²) in [5.74, 6) is -0.488. The Morgan fingerprint density at radius 3 is 2.50 bits per heavy atom. The van der Waals surface area contributed by atoms with Gasteiger partial charge in [-0.05, 0) is 65.9 Å². The molecule has 1 unspecified atom stereocenters. The maximum atomic E-state index is 13.9. The van der Waals surface area contributed by atoms with Crippen molar-refractivity contribution in [3.63, 3.8) is 0 Å². The maximum Gasteiger partial charge on any atom is 0.409 e. The van der Waals surface area contributed by atoms with E-state index < -0.39 is 53.3 Å². The number of anilines is 1. The zero-order valence-electron chi connectivity index (χ0n) is 28.0. The fraction of sp³-hybridized carbons (Fsp3) is 0.606. The highest BCUT2D eigenvalue weighted by Gasteiger charge is 2.63. The van der Waals surface area contributed by atoms with Crippen molar-refractivity contribution < 1.29 is 43.2 Å². The van der Waals surface area contributed by atoms with Gasteiger partial charge in [0.1, 0.15) is 46.3 Å². The standard InChI is InChI=1S/C33H46ClN3O9/c1-19-11-10-12-24(43-9)33(41)17-26(45-30(40)35-33)32(4)18-31(3,46-32)25(44-29(39)20(2)36(5)6)16-27(38)37(7)22-14-21(13-19)15-23(42-8)28(22)34/h10-12,14-15,20,24-26,41H,13,16-18H2,1-9H3,(H,35,40)/b12-10+,19-11+/t20-,24+,25-,26-,31+,32?,33-/m0/s1. The van der Waals surface area contributed by atoms with Crippen molar-refractivity contribution in [1.29, 1.82) is 0 Å². The molecule has 1 aromatic carbocycles. The molecule has 5 rings (SSSR count). The number of carbonyl (C=O) groups excluding carboxylic acids is 3. The summed E-state index contributed by atoms with van der Waals surface area (Å²) in [7, 11) is 8.06. The number of allylic oxidation sites excluding steroid dienone is 3. The van der Waals surface area contributed by atoms with Crippen molar-refractivity contribution in [2.45, 2.75) is 94.7 Å². The topological polar surface area (TPSA) is 136 Å². The first kappa shape index (κ1) is 35.7. The minimum Gasteiger partial charge on any atom is -0.495 e. The molecule has 4 aliphatic rings. The number of carbonyl (C=O) groups is 3. The number of benzene rings is 1. The van der Waals surface area contributed by atoms with Crippen LogP contribution in [-0.2, 0) is 35.0 Å². The largest absolute Gasteiger partial charge is 0.495 e. The molecule has 0 aliphatic carbocycles. The number of hydrogen-bond donors (Lipinski definition) is 2. The molecule has 0 radical (unpaired) electrons. The monoisotopic (exact) mass is 663 g/mol. The number of fused-ring (bicyclic) bond motifs is 6. The lowest BCUT2D eigenvalue weighted by atomic mass is 9.72. The number of nitrogens with zero attached hydrogens (tertiary/aromatic N) is 2. The predicted octanol–water partition coefficient (Wildman–Crippen LogP) is 3.76. The first-order valence-corrected chi connectivity index (χ1v) is 15.6. The Morgan fingerprint density at radius 2 is 1.89 bits per heavy atom. The number of hydrogen-bond acceptors (Lipinski definition) is 10. The normalized spacial score (nSPS) is 34.4. The molecular formula is C33H46ClN3O9. The van der Waals surface area contributed by atoms with E-state index in [2.05, 4.69) is 5.32 Å². The number of aliphatic hydroxyl groups is 1. The fourth-order valence-electron chi connectivity index (χ4n) is 6.35. The van der Waals surface area contributed by atoms with Crippen molar-refractivity contribution in [2.24, 2.45) is 0 Å². The van der Waals surface area contributed by atoms with Gasteiger partial charge >= 0.3 is 12.1 Å². The molecule has 4 heterocycles. The third kappa shape index (κ3) is 7.21. The average Bonchev–Trinajstić information content (AvgIpc) is 2.96. The molecule has 13 heteroatoms. The second kappa shape index (κ2) is 13.5.